The fraction of sp³-hybridized carbons (Fsp3) is 1.00. The van der Waals surface area contributed by atoms with Gasteiger partial charge in [-0.3, -0.25) is 4.90 Å². The van der Waals surface area contributed by atoms with E-state index in [0.717, 1.165) is 12.8 Å². The summed E-state index contributed by atoms with van der Waals surface area (Å²) in [5.74, 6) is 0. The van der Waals surface area contributed by atoms with Gasteiger partial charge in [0.15, 0.2) is 0 Å². The summed E-state index contributed by atoms with van der Waals surface area (Å²) in [6.45, 7) is 12.1. The maximum Gasteiger partial charge on any atom is 0.0520 e. The lowest BCUT2D eigenvalue weighted by Crippen LogP contribution is -2.57. The summed E-state index contributed by atoms with van der Waals surface area (Å²) in [7, 11) is 0. The number of nitrogens with zero attached hydrogens (tertiary/aromatic N) is 1. The van der Waals surface area contributed by atoms with Crippen molar-refractivity contribution in [2.45, 2.75) is 77.9 Å². The molecule has 0 aliphatic carbocycles. The first kappa shape index (κ1) is 15.9. The van der Waals surface area contributed by atoms with E-state index in [1.54, 1.807) is 0 Å². The average molecular weight is 255 g/mol. The molecule has 3 heteroatoms. The lowest BCUT2D eigenvalue weighted by molar-refractivity contribution is -0.0311. The summed E-state index contributed by atoms with van der Waals surface area (Å²) in [4.78, 5) is 2.68. The molecule has 4 N–H and O–H groups in total. The number of unbranched alkanes of at least 4 members (excludes halogenated alkanes) is 2. The third-order valence-electron chi connectivity index (χ3n) is 5.14. The molecule has 0 amide bonds. The van der Waals surface area contributed by atoms with E-state index in [1.165, 1.54) is 38.8 Å². The van der Waals surface area contributed by atoms with E-state index < -0.39 is 0 Å². The molecule has 0 radical (unpaired) electrons. The van der Waals surface area contributed by atoms with Crippen molar-refractivity contribution in [1.82, 2.24) is 4.90 Å². The first-order valence-electron chi connectivity index (χ1n) is 7.53. The van der Waals surface area contributed by atoms with Crippen LogP contribution in [-0.2, 0) is 0 Å². The summed E-state index contributed by atoms with van der Waals surface area (Å²) in [5.41, 5.74) is 11.9. The average Bonchev–Trinajstić information content (AvgIpc) is 2.23. The van der Waals surface area contributed by atoms with E-state index in [9.17, 15) is 0 Å². The molecular weight excluding hydrogens is 222 g/mol. The summed E-state index contributed by atoms with van der Waals surface area (Å²) in [5, 5.41) is 0. The maximum absolute atomic E-state index is 5.56. The largest absolute Gasteiger partial charge is 0.316 e. The molecule has 0 aromatic heterocycles. The van der Waals surface area contributed by atoms with E-state index in [0.29, 0.717) is 11.0 Å². The summed E-state index contributed by atoms with van der Waals surface area (Å²) in [6.07, 6.45) is 7.19. The summed E-state index contributed by atoms with van der Waals surface area (Å²) < 4.78 is 0. The van der Waals surface area contributed by atoms with Crippen LogP contribution in [0.15, 0.2) is 0 Å². The van der Waals surface area contributed by atoms with Crippen LogP contribution < -0.4 is 11.5 Å². The number of nitrogens with two attached hydrogens (primary N) is 2. The second kappa shape index (κ2) is 6.36. The van der Waals surface area contributed by atoms with E-state index in [-0.39, 0.29) is 6.17 Å². The van der Waals surface area contributed by atoms with Crippen LogP contribution in [0, 0.1) is 5.41 Å². The smallest absolute Gasteiger partial charge is 0.0520 e. The molecule has 108 valence electrons. The minimum atomic E-state index is -0.129. The zero-order chi connectivity index (χ0) is 13.8. The van der Waals surface area contributed by atoms with Crippen LogP contribution in [-0.4, -0.2) is 29.7 Å². The van der Waals surface area contributed by atoms with Crippen LogP contribution in [0.2, 0.25) is 0 Å². The van der Waals surface area contributed by atoms with E-state index in [4.69, 9.17) is 11.5 Å². The first-order valence-corrected chi connectivity index (χ1v) is 7.53. The molecule has 3 nitrogen and oxygen atoms in total. The van der Waals surface area contributed by atoms with Crippen molar-refractivity contribution < 1.29 is 0 Å². The highest BCUT2D eigenvalue weighted by Crippen LogP contribution is 2.43. The monoisotopic (exact) mass is 255 g/mol. The Morgan fingerprint density at radius 2 is 1.72 bits per heavy atom. The molecular formula is C15H33N3. The molecule has 1 saturated heterocycles. The predicted octanol–water partition coefficient (Wildman–Crippen LogP) is 2.69. The third-order valence-corrected chi connectivity index (χ3v) is 5.14. The minimum absolute atomic E-state index is 0.129. The fourth-order valence-electron chi connectivity index (χ4n) is 2.98. The molecule has 1 fully saturated rings. The van der Waals surface area contributed by atoms with Gasteiger partial charge in [-0.2, -0.15) is 0 Å². The second-order valence-electron chi connectivity index (χ2n) is 7.05. The van der Waals surface area contributed by atoms with Crippen LogP contribution in [0.25, 0.3) is 0 Å². The van der Waals surface area contributed by atoms with Gasteiger partial charge in [0.25, 0.3) is 0 Å². The third kappa shape index (κ3) is 3.94. The highest BCUT2D eigenvalue weighted by Gasteiger charge is 2.43. The van der Waals surface area contributed by atoms with Crippen molar-refractivity contribution in [2.75, 3.05) is 13.1 Å². The van der Waals surface area contributed by atoms with Gasteiger partial charge >= 0.3 is 0 Å². The minimum Gasteiger partial charge on any atom is -0.316 e. The molecule has 0 spiro atoms. The van der Waals surface area contributed by atoms with E-state index in [2.05, 4.69) is 32.6 Å². The molecule has 18 heavy (non-hydrogen) atoms. The van der Waals surface area contributed by atoms with Crippen molar-refractivity contribution in [2.24, 2.45) is 16.9 Å². The van der Waals surface area contributed by atoms with Crippen molar-refractivity contribution in [3.63, 3.8) is 0 Å². The van der Waals surface area contributed by atoms with Gasteiger partial charge in [0.1, 0.15) is 0 Å². The number of hydrogen-bond donors (Lipinski definition) is 2. The zero-order valence-electron chi connectivity index (χ0n) is 12.8. The van der Waals surface area contributed by atoms with Gasteiger partial charge in [-0.1, -0.05) is 26.7 Å². The Morgan fingerprint density at radius 3 is 2.33 bits per heavy atom. The molecule has 0 atom stereocenters. The maximum atomic E-state index is 5.56. The van der Waals surface area contributed by atoms with Crippen molar-refractivity contribution >= 4 is 0 Å². The fourth-order valence-corrected chi connectivity index (χ4v) is 2.98. The zero-order valence-corrected chi connectivity index (χ0v) is 12.8. The lowest BCUT2D eigenvalue weighted by Gasteiger charge is -2.53. The molecule has 0 bridgehead atoms. The Morgan fingerprint density at radius 1 is 1.06 bits per heavy atom. The van der Waals surface area contributed by atoms with Crippen LogP contribution >= 0.6 is 0 Å². The Kier molecular flexibility index (Phi) is 5.63. The first-order chi connectivity index (χ1) is 8.27. The van der Waals surface area contributed by atoms with Gasteiger partial charge in [0.2, 0.25) is 0 Å². The topological polar surface area (TPSA) is 55.3 Å². The molecule has 0 aromatic rings. The molecule has 0 unspecified atom stereocenters. The van der Waals surface area contributed by atoms with Crippen molar-refractivity contribution in [3.05, 3.63) is 0 Å². The summed E-state index contributed by atoms with van der Waals surface area (Å²) in [6, 6.07) is 0. The highest BCUT2D eigenvalue weighted by atomic mass is 15.2. The quantitative estimate of drug-likeness (QED) is 0.567. The number of likely N-dealkylation sites (tertiary alicyclic amines) is 1. The summed E-state index contributed by atoms with van der Waals surface area (Å²) >= 11 is 0. The molecule has 1 heterocycles. The van der Waals surface area contributed by atoms with Gasteiger partial charge in [-0.25, -0.2) is 0 Å². The van der Waals surface area contributed by atoms with Gasteiger partial charge in [-0.05, 0) is 58.0 Å². The SMILES string of the molecule is CC1(C)CCCN(CCCCCC(N)N)C1(C)C. The van der Waals surface area contributed by atoms with Gasteiger partial charge in [0, 0.05) is 5.54 Å². The predicted molar refractivity (Wildman–Crippen MR) is 79.3 cm³/mol. The van der Waals surface area contributed by atoms with Crippen LogP contribution in [0.4, 0.5) is 0 Å². The molecule has 1 aliphatic rings. The van der Waals surface area contributed by atoms with E-state index >= 15 is 0 Å². The molecule has 1 aliphatic heterocycles. The van der Waals surface area contributed by atoms with Gasteiger partial charge < -0.3 is 11.5 Å². The number of rotatable bonds is 6. The van der Waals surface area contributed by atoms with Crippen molar-refractivity contribution in [3.8, 4) is 0 Å². The Balaban J connectivity index is 2.33. The standard InChI is InChI=1S/C15H33N3/c1-14(2)10-8-12-18(15(14,3)4)11-7-5-6-9-13(16)17/h13H,5-12,16-17H2,1-4H3. The normalized spacial score (nSPS) is 23.5. The van der Waals surface area contributed by atoms with Gasteiger partial charge in [-0.15, -0.1) is 0 Å². The highest BCUT2D eigenvalue weighted by molar-refractivity contribution is 4.98. The van der Waals surface area contributed by atoms with Crippen LogP contribution in [0.3, 0.4) is 0 Å². The molecule has 1 rings (SSSR count). The molecule has 0 saturated carbocycles. The van der Waals surface area contributed by atoms with Crippen LogP contribution in [0.5, 0.6) is 0 Å². The van der Waals surface area contributed by atoms with Crippen LogP contribution in [0.1, 0.15) is 66.2 Å². The lowest BCUT2D eigenvalue weighted by atomic mass is 9.68. The number of piperidine rings is 1. The van der Waals surface area contributed by atoms with Crippen molar-refractivity contribution in [1.29, 1.82) is 0 Å². The number of hydrogen-bond acceptors (Lipinski definition) is 3. The Bertz CT molecular complexity index is 246. The second-order valence-corrected chi connectivity index (χ2v) is 7.05. The van der Waals surface area contributed by atoms with Gasteiger partial charge in [0.05, 0.1) is 6.17 Å². The Hall–Kier alpha value is -0.120. The Labute approximate surface area is 113 Å². The molecule has 0 aromatic carbocycles. The van der Waals surface area contributed by atoms with E-state index in [1.807, 2.05) is 0 Å².